The molecule has 0 spiro atoms. The van der Waals surface area contributed by atoms with Crippen molar-refractivity contribution >= 4 is 0 Å². The topological polar surface area (TPSA) is 35.2 Å². The van der Waals surface area contributed by atoms with E-state index in [4.69, 9.17) is 10.5 Å². The maximum atomic E-state index is 6.41. The SMILES string of the molecule is COCCC(N)C1C2CC3CC(C2)CC1C3. The predicted octanol–water partition coefficient (Wildman–Crippen LogP) is 2.42. The van der Waals surface area contributed by atoms with Gasteiger partial charge >= 0.3 is 0 Å². The first-order chi connectivity index (χ1) is 7.78. The summed E-state index contributed by atoms with van der Waals surface area (Å²) in [5.41, 5.74) is 6.41. The number of nitrogens with two attached hydrogens (primary N) is 1. The maximum Gasteiger partial charge on any atom is 0.0477 e. The molecule has 4 rings (SSSR count). The van der Waals surface area contributed by atoms with Crippen LogP contribution in [0.3, 0.4) is 0 Å². The fourth-order valence-corrected chi connectivity index (χ4v) is 5.11. The number of hydrogen-bond acceptors (Lipinski definition) is 2. The highest BCUT2D eigenvalue weighted by Crippen LogP contribution is 2.57. The Morgan fingerprint density at radius 1 is 1.06 bits per heavy atom. The van der Waals surface area contributed by atoms with Crippen LogP contribution < -0.4 is 5.73 Å². The zero-order valence-electron chi connectivity index (χ0n) is 10.4. The molecule has 1 atom stereocenters. The van der Waals surface area contributed by atoms with Crippen LogP contribution in [0, 0.1) is 29.6 Å². The molecule has 0 amide bonds. The van der Waals surface area contributed by atoms with E-state index in [1.807, 2.05) is 0 Å². The van der Waals surface area contributed by atoms with Crippen molar-refractivity contribution in [3.05, 3.63) is 0 Å². The first-order valence-corrected chi connectivity index (χ1v) is 7.02. The van der Waals surface area contributed by atoms with Gasteiger partial charge in [-0.2, -0.15) is 0 Å². The monoisotopic (exact) mass is 223 g/mol. The molecule has 92 valence electrons. The Bertz CT molecular complexity index is 225. The van der Waals surface area contributed by atoms with Gasteiger partial charge in [-0.15, -0.1) is 0 Å². The van der Waals surface area contributed by atoms with Gasteiger partial charge in [0, 0.05) is 19.8 Å². The smallest absolute Gasteiger partial charge is 0.0477 e. The molecule has 4 bridgehead atoms. The molecule has 4 aliphatic rings. The van der Waals surface area contributed by atoms with Crippen molar-refractivity contribution in [3.63, 3.8) is 0 Å². The Balaban J connectivity index is 1.67. The molecule has 4 saturated carbocycles. The Morgan fingerprint density at radius 3 is 2.12 bits per heavy atom. The summed E-state index contributed by atoms with van der Waals surface area (Å²) in [6.07, 6.45) is 8.53. The third kappa shape index (κ3) is 1.80. The lowest BCUT2D eigenvalue weighted by Crippen LogP contribution is -2.51. The Hall–Kier alpha value is -0.0800. The number of rotatable bonds is 4. The van der Waals surface area contributed by atoms with E-state index in [1.165, 1.54) is 32.1 Å². The van der Waals surface area contributed by atoms with Crippen LogP contribution in [0.25, 0.3) is 0 Å². The molecule has 0 aliphatic heterocycles. The summed E-state index contributed by atoms with van der Waals surface area (Å²) in [7, 11) is 1.78. The van der Waals surface area contributed by atoms with Crippen LogP contribution in [0.4, 0.5) is 0 Å². The molecule has 2 N–H and O–H groups in total. The second-order valence-corrected chi connectivity index (χ2v) is 6.45. The van der Waals surface area contributed by atoms with Crippen molar-refractivity contribution in [2.45, 2.75) is 44.6 Å². The van der Waals surface area contributed by atoms with Crippen molar-refractivity contribution in [2.24, 2.45) is 35.3 Å². The molecule has 0 aromatic carbocycles. The molecular formula is C14H25NO. The molecule has 16 heavy (non-hydrogen) atoms. The zero-order valence-corrected chi connectivity index (χ0v) is 10.4. The zero-order chi connectivity index (χ0) is 11.1. The summed E-state index contributed by atoms with van der Waals surface area (Å²) >= 11 is 0. The molecular weight excluding hydrogens is 198 g/mol. The molecule has 1 unspecified atom stereocenters. The van der Waals surface area contributed by atoms with Gasteiger partial charge in [0.05, 0.1) is 0 Å². The lowest BCUT2D eigenvalue weighted by molar-refractivity contribution is -0.0496. The van der Waals surface area contributed by atoms with E-state index in [2.05, 4.69) is 0 Å². The average molecular weight is 223 g/mol. The minimum Gasteiger partial charge on any atom is -0.385 e. The van der Waals surface area contributed by atoms with Crippen LogP contribution in [-0.2, 0) is 4.74 Å². The van der Waals surface area contributed by atoms with Gasteiger partial charge in [-0.25, -0.2) is 0 Å². The normalized spacial score (nSPS) is 47.2. The summed E-state index contributed by atoms with van der Waals surface area (Å²) in [5.74, 6) is 4.87. The number of methoxy groups -OCH3 is 1. The van der Waals surface area contributed by atoms with Gasteiger partial charge in [0.1, 0.15) is 0 Å². The molecule has 0 heterocycles. The number of ether oxygens (including phenoxy) is 1. The largest absolute Gasteiger partial charge is 0.385 e. The average Bonchev–Trinajstić information content (AvgIpc) is 2.24. The molecule has 0 saturated heterocycles. The molecule has 4 fully saturated rings. The van der Waals surface area contributed by atoms with Gasteiger partial charge in [-0.3, -0.25) is 0 Å². The Labute approximate surface area is 98.9 Å². The molecule has 4 aliphatic carbocycles. The fourth-order valence-electron chi connectivity index (χ4n) is 5.11. The summed E-state index contributed by atoms with van der Waals surface area (Å²) in [5, 5.41) is 0. The lowest BCUT2D eigenvalue weighted by Gasteiger charge is -2.56. The van der Waals surface area contributed by atoms with Crippen LogP contribution >= 0.6 is 0 Å². The lowest BCUT2D eigenvalue weighted by atomic mass is 9.50. The fraction of sp³-hybridized carbons (Fsp3) is 1.00. The summed E-state index contributed by atoms with van der Waals surface area (Å²) in [6.45, 7) is 0.837. The van der Waals surface area contributed by atoms with Crippen LogP contribution in [0.15, 0.2) is 0 Å². The third-order valence-corrected chi connectivity index (χ3v) is 5.45. The van der Waals surface area contributed by atoms with E-state index in [1.54, 1.807) is 7.11 Å². The Kier molecular flexibility index (Phi) is 2.97. The van der Waals surface area contributed by atoms with Gasteiger partial charge in [-0.05, 0) is 68.1 Å². The maximum absolute atomic E-state index is 6.41. The highest BCUT2D eigenvalue weighted by atomic mass is 16.5. The van der Waals surface area contributed by atoms with Crippen molar-refractivity contribution < 1.29 is 4.74 Å². The van der Waals surface area contributed by atoms with Gasteiger partial charge in [0.25, 0.3) is 0 Å². The minimum atomic E-state index is 0.398. The summed E-state index contributed by atoms with van der Waals surface area (Å²) < 4.78 is 5.18. The van der Waals surface area contributed by atoms with E-state index >= 15 is 0 Å². The van der Waals surface area contributed by atoms with Crippen molar-refractivity contribution in [1.82, 2.24) is 0 Å². The van der Waals surface area contributed by atoms with Crippen LogP contribution in [-0.4, -0.2) is 19.8 Å². The highest BCUT2D eigenvalue weighted by molar-refractivity contribution is 5.00. The molecule has 2 heteroatoms. The van der Waals surface area contributed by atoms with Crippen LogP contribution in [0.5, 0.6) is 0 Å². The molecule has 2 nitrogen and oxygen atoms in total. The summed E-state index contributed by atoms with van der Waals surface area (Å²) in [6, 6.07) is 0.398. The Morgan fingerprint density at radius 2 is 1.62 bits per heavy atom. The van der Waals surface area contributed by atoms with Crippen LogP contribution in [0.2, 0.25) is 0 Å². The quantitative estimate of drug-likeness (QED) is 0.794. The van der Waals surface area contributed by atoms with E-state index in [0.717, 1.165) is 42.6 Å². The molecule has 0 radical (unpaired) electrons. The van der Waals surface area contributed by atoms with Gasteiger partial charge < -0.3 is 10.5 Å². The third-order valence-electron chi connectivity index (χ3n) is 5.45. The second kappa shape index (κ2) is 4.30. The predicted molar refractivity (Wildman–Crippen MR) is 65.0 cm³/mol. The van der Waals surface area contributed by atoms with E-state index < -0.39 is 0 Å². The van der Waals surface area contributed by atoms with Crippen molar-refractivity contribution in [2.75, 3.05) is 13.7 Å². The van der Waals surface area contributed by atoms with Gasteiger partial charge in [-0.1, -0.05) is 0 Å². The first kappa shape index (κ1) is 11.0. The standard InChI is InChI=1S/C14H25NO/c1-16-3-2-13(15)14-11-5-9-4-10(7-11)8-12(14)6-9/h9-14H,2-8,15H2,1H3. The van der Waals surface area contributed by atoms with Gasteiger partial charge in [0.2, 0.25) is 0 Å². The first-order valence-electron chi connectivity index (χ1n) is 7.02. The minimum absolute atomic E-state index is 0.398. The second-order valence-electron chi connectivity index (χ2n) is 6.45. The van der Waals surface area contributed by atoms with Crippen molar-refractivity contribution in [1.29, 1.82) is 0 Å². The van der Waals surface area contributed by atoms with Crippen LogP contribution in [0.1, 0.15) is 38.5 Å². The van der Waals surface area contributed by atoms with Gasteiger partial charge in [0.15, 0.2) is 0 Å². The van der Waals surface area contributed by atoms with Crippen molar-refractivity contribution in [3.8, 4) is 0 Å². The van der Waals surface area contributed by atoms with E-state index in [-0.39, 0.29) is 0 Å². The molecule has 0 aromatic rings. The van der Waals surface area contributed by atoms with E-state index in [0.29, 0.717) is 6.04 Å². The summed E-state index contributed by atoms with van der Waals surface area (Å²) in [4.78, 5) is 0. The molecule has 0 aromatic heterocycles. The van der Waals surface area contributed by atoms with E-state index in [9.17, 15) is 0 Å². The highest BCUT2D eigenvalue weighted by Gasteiger charge is 2.49. The number of hydrogen-bond donors (Lipinski definition) is 1.